The lowest BCUT2D eigenvalue weighted by atomic mass is 10.1. The summed E-state index contributed by atoms with van der Waals surface area (Å²) in [6, 6.07) is 8.76. The van der Waals surface area contributed by atoms with Crippen molar-refractivity contribution in [1.29, 1.82) is 0 Å². The second-order valence-corrected chi connectivity index (χ2v) is 7.90. The molecule has 144 valence electrons. The second-order valence-electron chi connectivity index (χ2n) is 5.20. The molecule has 0 fully saturated rings. The number of carbonyl (C=O) groups excluding carboxylic acids is 3. The van der Waals surface area contributed by atoms with Crippen molar-refractivity contribution < 1.29 is 29.4 Å². The maximum Gasteiger partial charge on any atom is 0.334 e. The molecule has 2 aromatic rings. The van der Waals surface area contributed by atoms with Gasteiger partial charge in [0.15, 0.2) is 0 Å². The Hall–Kier alpha value is -2.59. The van der Waals surface area contributed by atoms with Crippen molar-refractivity contribution in [2.75, 3.05) is 18.1 Å². The average molecular weight is 410 g/mol. The van der Waals surface area contributed by atoms with Crippen molar-refractivity contribution in [3.05, 3.63) is 47.5 Å². The highest BCUT2D eigenvalue weighted by molar-refractivity contribution is 8.76. The zero-order chi connectivity index (χ0) is 19.6. The number of amides is 1. The Labute approximate surface area is 163 Å². The highest BCUT2D eigenvalue weighted by atomic mass is 33.1. The zero-order valence-electron chi connectivity index (χ0n) is 14.2. The minimum atomic E-state index is -0.586. The van der Waals surface area contributed by atoms with E-state index in [4.69, 9.17) is 4.84 Å². The van der Waals surface area contributed by atoms with Crippen LogP contribution in [-0.2, 0) is 4.79 Å². The maximum absolute atomic E-state index is 11.9. The fraction of sp³-hybridized carbons (Fsp3) is 0.235. The van der Waals surface area contributed by atoms with Crippen molar-refractivity contribution in [3.8, 4) is 11.8 Å². The van der Waals surface area contributed by atoms with Crippen LogP contribution in [0.1, 0.15) is 27.1 Å². The molecule has 0 unspecified atom stereocenters. The van der Waals surface area contributed by atoms with Crippen molar-refractivity contribution in [2.45, 2.75) is 6.42 Å². The van der Waals surface area contributed by atoms with Gasteiger partial charge in [-0.1, -0.05) is 33.7 Å². The van der Waals surface area contributed by atoms with Gasteiger partial charge in [-0.05, 0) is 12.1 Å². The van der Waals surface area contributed by atoms with E-state index < -0.39 is 5.97 Å². The standard InChI is InChI=1S/C17H18N2O6S2/c20-11-12-1-3-13(4-2-12)17(24)18-8-10-27-26-9-7-16(23)25-19-14(21)5-6-15(19)22/h1-6,11,21-22H,7-10H2,(H,18,24). The Morgan fingerprint density at radius 1 is 1.04 bits per heavy atom. The summed E-state index contributed by atoms with van der Waals surface area (Å²) in [6.45, 7) is 0.460. The summed E-state index contributed by atoms with van der Waals surface area (Å²) in [4.78, 5) is 38.9. The summed E-state index contributed by atoms with van der Waals surface area (Å²) in [7, 11) is 2.94. The van der Waals surface area contributed by atoms with Gasteiger partial charge in [-0.15, -0.1) is 4.73 Å². The first-order chi connectivity index (χ1) is 13.0. The number of hydrogen-bond donors (Lipinski definition) is 3. The number of benzene rings is 1. The molecule has 0 aliphatic carbocycles. The van der Waals surface area contributed by atoms with Crippen molar-refractivity contribution in [3.63, 3.8) is 0 Å². The van der Waals surface area contributed by atoms with E-state index in [1.807, 2.05) is 0 Å². The fourth-order valence-electron chi connectivity index (χ4n) is 1.91. The smallest absolute Gasteiger partial charge is 0.334 e. The van der Waals surface area contributed by atoms with Crippen LogP contribution in [0.3, 0.4) is 0 Å². The molecule has 0 atom stereocenters. The summed E-state index contributed by atoms with van der Waals surface area (Å²) in [5.74, 6) is -0.395. The first kappa shape index (κ1) is 20.7. The van der Waals surface area contributed by atoms with Crippen LogP contribution in [0.15, 0.2) is 36.4 Å². The summed E-state index contributed by atoms with van der Waals surface area (Å²) >= 11 is 0. The summed E-state index contributed by atoms with van der Waals surface area (Å²) in [5.41, 5.74) is 0.997. The predicted octanol–water partition coefficient (Wildman–Crippen LogP) is 1.87. The molecule has 2 rings (SSSR count). The van der Waals surface area contributed by atoms with E-state index in [-0.39, 0.29) is 24.1 Å². The Morgan fingerprint density at radius 3 is 2.30 bits per heavy atom. The molecule has 0 spiro atoms. The predicted molar refractivity (Wildman–Crippen MR) is 103 cm³/mol. The third-order valence-corrected chi connectivity index (χ3v) is 5.65. The van der Waals surface area contributed by atoms with E-state index in [2.05, 4.69) is 5.32 Å². The number of aromatic nitrogens is 1. The highest BCUT2D eigenvalue weighted by Gasteiger charge is 2.12. The molecule has 0 radical (unpaired) electrons. The summed E-state index contributed by atoms with van der Waals surface area (Å²) in [5, 5.41) is 21.5. The van der Waals surface area contributed by atoms with Gasteiger partial charge in [0.25, 0.3) is 5.91 Å². The molecule has 0 saturated heterocycles. The van der Waals surface area contributed by atoms with Crippen LogP contribution in [-0.4, -0.2) is 51.2 Å². The lowest BCUT2D eigenvalue weighted by Gasteiger charge is -2.07. The third kappa shape index (κ3) is 6.57. The highest BCUT2D eigenvalue weighted by Crippen LogP contribution is 2.22. The zero-order valence-corrected chi connectivity index (χ0v) is 15.8. The molecule has 27 heavy (non-hydrogen) atoms. The van der Waals surface area contributed by atoms with Gasteiger partial charge in [0.1, 0.15) is 6.29 Å². The molecule has 0 aliphatic heterocycles. The molecule has 0 saturated carbocycles. The van der Waals surface area contributed by atoms with Crippen LogP contribution >= 0.6 is 21.6 Å². The van der Waals surface area contributed by atoms with Crippen LogP contribution in [0.5, 0.6) is 11.8 Å². The number of rotatable bonds is 10. The SMILES string of the molecule is O=Cc1ccc(C(=O)NCCSSCCC(=O)On2c(O)ccc2O)cc1. The van der Waals surface area contributed by atoms with Crippen LogP contribution < -0.4 is 10.2 Å². The number of hydrogen-bond acceptors (Lipinski definition) is 8. The number of nitrogens with one attached hydrogen (secondary N) is 1. The molecule has 1 aromatic carbocycles. The van der Waals surface area contributed by atoms with Gasteiger partial charge < -0.3 is 20.4 Å². The summed E-state index contributed by atoms with van der Waals surface area (Å²) < 4.78 is 0.650. The van der Waals surface area contributed by atoms with E-state index in [0.717, 1.165) is 6.29 Å². The fourth-order valence-corrected chi connectivity index (χ4v) is 3.79. The first-order valence-electron chi connectivity index (χ1n) is 7.90. The Balaban J connectivity index is 1.56. The minimum absolute atomic E-state index is 0.101. The van der Waals surface area contributed by atoms with E-state index in [1.54, 1.807) is 24.3 Å². The number of nitrogens with zero attached hydrogens (tertiary/aromatic N) is 1. The molecular weight excluding hydrogens is 392 g/mol. The molecule has 0 bridgehead atoms. The molecule has 1 amide bonds. The maximum atomic E-state index is 11.9. The van der Waals surface area contributed by atoms with E-state index in [1.165, 1.54) is 33.7 Å². The van der Waals surface area contributed by atoms with Gasteiger partial charge in [0.2, 0.25) is 11.8 Å². The molecule has 10 heteroatoms. The Bertz CT molecular complexity index is 772. The Kier molecular flexibility index (Phi) is 8.08. The lowest BCUT2D eigenvalue weighted by Crippen LogP contribution is -2.25. The normalized spacial score (nSPS) is 10.4. The Morgan fingerprint density at radius 2 is 1.67 bits per heavy atom. The van der Waals surface area contributed by atoms with Gasteiger partial charge in [0.05, 0.1) is 6.42 Å². The molecule has 0 aliphatic rings. The second kappa shape index (κ2) is 10.5. The minimum Gasteiger partial charge on any atom is -0.492 e. The molecule has 1 aromatic heterocycles. The average Bonchev–Trinajstić information content (AvgIpc) is 2.99. The van der Waals surface area contributed by atoms with Gasteiger partial charge >= 0.3 is 5.97 Å². The van der Waals surface area contributed by atoms with Crippen LogP contribution in [0.25, 0.3) is 0 Å². The van der Waals surface area contributed by atoms with E-state index >= 15 is 0 Å². The van der Waals surface area contributed by atoms with Crippen molar-refractivity contribution in [2.24, 2.45) is 0 Å². The van der Waals surface area contributed by atoms with Crippen LogP contribution in [0, 0.1) is 0 Å². The molecule has 3 N–H and O–H groups in total. The topological polar surface area (TPSA) is 118 Å². The van der Waals surface area contributed by atoms with Crippen molar-refractivity contribution in [1.82, 2.24) is 10.0 Å². The number of aromatic hydroxyl groups is 2. The van der Waals surface area contributed by atoms with Gasteiger partial charge in [-0.2, -0.15) is 0 Å². The molecule has 1 heterocycles. The lowest BCUT2D eigenvalue weighted by molar-refractivity contribution is -0.144. The number of carbonyl (C=O) groups is 3. The third-order valence-electron chi connectivity index (χ3n) is 3.24. The molecule has 8 nitrogen and oxygen atoms in total. The van der Waals surface area contributed by atoms with Crippen molar-refractivity contribution >= 4 is 39.8 Å². The monoisotopic (exact) mass is 410 g/mol. The van der Waals surface area contributed by atoms with E-state index in [9.17, 15) is 24.6 Å². The van der Waals surface area contributed by atoms with Crippen LogP contribution in [0.4, 0.5) is 0 Å². The molecular formula is C17H18N2O6S2. The largest absolute Gasteiger partial charge is 0.492 e. The number of aldehydes is 1. The summed E-state index contributed by atoms with van der Waals surface area (Å²) in [6.07, 6.45) is 0.819. The van der Waals surface area contributed by atoms with E-state index in [0.29, 0.717) is 33.9 Å². The van der Waals surface area contributed by atoms with Gasteiger partial charge in [-0.3, -0.25) is 9.59 Å². The van der Waals surface area contributed by atoms with Gasteiger partial charge in [-0.25, -0.2) is 4.79 Å². The first-order valence-corrected chi connectivity index (χ1v) is 10.4. The van der Waals surface area contributed by atoms with Crippen LogP contribution in [0.2, 0.25) is 0 Å². The quantitative estimate of drug-likeness (QED) is 0.309. The van der Waals surface area contributed by atoms with Gasteiger partial charge in [0, 0.05) is 41.3 Å².